The van der Waals surface area contributed by atoms with Gasteiger partial charge in [-0.2, -0.15) is 4.99 Å². The van der Waals surface area contributed by atoms with Crippen molar-refractivity contribution in [1.82, 2.24) is 0 Å². The molecule has 152 valence electrons. The van der Waals surface area contributed by atoms with Crippen LogP contribution in [0.15, 0.2) is 47.5 Å². The van der Waals surface area contributed by atoms with E-state index in [1.54, 1.807) is 0 Å². The molecule has 2 fully saturated rings. The molecule has 0 radical (unpaired) electrons. The molecule has 0 N–H and O–H groups in total. The highest BCUT2D eigenvalue weighted by Gasteiger charge is 2.49. The minimum atomic E-state index is -3.07. The highest BCUT2D eigenvalue weighted by Crippen LogP contribution is 2.41. The van der Waals surface area contributed by atoms with Crippen molar-refractivity contribution >= 4 is 38.4 Å². The highest BCUT2D eigenvalue weighted by molar-refractivity contribution is 8.16. The van der Waals surface area contributed by atoms with Crippen LogP contribution in [-0.4, -0.2) is 42.3 Å². The number of amides is 1. The fraction of sp³-hybridized carbons (Fsp3) is 0.364. The van der Waals surface area contributed by atoms with Crippen molar-refractivity contribution in [3.8, 4) is 0 Å². The molecular weight excluding hydrogens is 404 g/mol. The number of amidine groups is 1. The largest absolute Gasteiger partial charge is 0.316 e. The number of carbonyl (C=O) groups excluding carboxylic acids is 1. The van der Waals surface area contributed by atoms with Gasteiger partial charge in [0.05, 0.1) is 24.0 Å². The van der Waals surface area contributed by atoms with Gasteiger partial charge in [-0.3, -0.25) is 4.79 Å². The van der Waals surface area contributed by atoms with E-state index in [1.165, 1.54) is 11.8 Å². The van der Waals surface area contributed by atoms with Crippen LogP contribution < -0.4 is 4.90 Å². The van der Waals surface area contributed by atoms with Crippen LogP contribution in [0, 0.1) is 20.8 Å². The van der Waals surface area contributed by atoms with Crippen LogP contribution in [0.3, 0.4) is 0 Å². The van der Waals surface area contributed by atoms with Gasteiger partial charge in [0.1, 0.15) is 0 Å². The van der Waals surface area contributed by atoms with E-state index in [1.807, 2.05) is 62.1 Å². The van der Waals surface area contributed by atoms with Gasteiger partial charge in [0.25, 0.3) is 5.91 Å². The summed E-state index contributed by atoms with van der Waals surface area (Å²) < 4.78 is 24.4. The van der Waals surface area contributed by atoms with Gasteiger partial charge >= 0.3 is 0 Å². The van der Waals surface area contributed by atoms with Crippen LogP contribution in [0.1, 0.15) is 22.3 Å². The van der Waals surface area contributed by atoms with Crippen molar-refractivity contribution in [3.63, 3.8) is 0 Å². The summed E-state index contributed by atoms with van der Waals surface area (Å²) in [5.74, 6) is 0.0195. The van der Waals surface area contributed by atoms with E-state index in [2.05, 4.69) is 11.1 Å². The summed E-state index contributed by atoms with van der Waals surface area (Å²) in [6.45, 7) is 6.04. The smallest absolute Gasteiger partial charge is 0.252 e. The summed E-state index contributed by atoms with van der Waals surface area (Å²) in [5, 5.41) is 0.517. The minimum absolute atomic E-state index is 0.0910. The SMILES string of the molecule is Cc1ccc(CC(=O)N=C2S[C@@H]3CS(=O)(=O)C[C@@H]3N2c2cc(C)cc(C)c2)cc1. The summed E-state index contributed by atoms with van der Waals surface area (Å²) in [6, 6.07) is 13.8. The molecule has 0 aromatic heterocycles. The predicted octanol–water partition coefficient (Wildman–Crippen LogP) is 3.46. The van der Waals surface area contributed by atoms with E-state index in [0.717, 1.165) is 27.9 Å². The fourth-order valence-corrected chi connectivity index (χ4v) is 7.91. The third-order valence-corrected chi connectivity index (χ3v) is 8.46. The molecule has 0 saturated carbocycles. The summed E-state index contributed by atoms with van der Waals surface area (Å²) in [5.41, 5.74) is 5.17. The first kappa shape index (κ1) is 20.2. The fourth-order valence-electron chi connectivity index (χ4n) is 3.98. The van der Waals surface area contributed by atoms with Crippen LogP contribution in [0.25, 0.3) is 0 Å². The van der Waals surface area contributed by atoms with E-state index in [-0.39, 0.29) is 35.1 Å². The molecule has 2 atom stereocenters. The number of aryl methyl sites for hydroxylation is 3. The molecule has 2 aromatic rings. The zero-order valence-corrected chi connectivity index (χ0v) is 18.4. The zero-order valence-electron chi connectivity index (χ0n) is 16.8. The van der Waals surface area contributed by atoms with E-state index >= 15 is 0 Å². The maximum absolute atomic E-state index is 12.7. The molecule has 2 heterocycles. The van der Waals surface area contributed by atoms with Crippen molar-refractivity contribution in [2.24, 2.45) is 4.99 Å². The number of rotatable bonds is 3. The lowest BCUT2D eigenvalue weighted by Crippen LogP contribution is -2.37. The van der Waals surface area contributed by atoms with Crippen molar-refractivity contribution in [2.75, 3.05) is 16.4 Å². The number of thioether (sulfide) groups is 1. The number of benzene rings is 2. The van der Waals surface area contributed by atoms with Gasteiger partial charge in [0.15, 0.2) is 15.0 Å². The molecule has 7 heteroatoms. The Morgan fingerprint density at radius 2 is 1.69 bits per heavy atom. The van der Waals surface area contributed by atoms with Gasteiger partial charge < -0.3 is 4.90 Å². The summed E-state index contributed by atoms with van der Waals surface area (Å²) in [6.07, 6.45) is 0.235. The topological polar surface area (TPSA) is 66.8 Å². The van der Waals surface area contributed by atoms with E-state index in [4.69, 9.17) is 0 Å². The highest BCUT2D eigenvalue weighted by atomic mass is 32.2. The van der Waals surface area contributed by atoms with Crippen LogP contribution in [-0.2, 0) is 21.1 Å². The Bertz CT molecular complexity index is 1070. The van der Waals surface area contributed by atoms with Gasteiger partial charge in [-0.05, 0) is 49.6 Å². The molecule has 0 aliphatic carbocycles. The lowest BCUT2D eigenvalue weighted by atomic mass is 10.1. The second-order valence-electron chi connectivity index (χ2n) is 7.97. The van der Waals surface area contributed by atoms with Crippen LogP contribution in [0.4, 0.5) is 5.69 Å². The molecule has 0 spiro atoms. The van der Waals surface area contributed by atoms with Crippen molar-refractivity contribution in [1.29, 1.82) is 0 Å². The Balaban J connectivity index is 1.66. The maximum Gasteiger partial charge on any atom is 0.252 e. The third-order valence-electron chi connectivity index (χ3n) is 5.25. The van der Waals surface area contributed by atoms with Gasteiger partial charge in [-0.25, -0.2) is 8.42 Å². The average Bonchev–Trinajstić information content (AvgIpc) is 3.06. The molecule has 4 rings (SSSR count). The number of carbonyl (C=O) groups is 1. The predicted molar refractivity (Wildman–Crippen MR) is 120 cm³/mol. The van der Waals surface area contributed by atoms with Gasteiger partial charge in [-0.15, -0.1) is 0 Å². The van der Waals surface area contributed by atoms with E-state index in [9.17, 15) is 13.2 Å². The Hall–Kier alpha value is -2.12. The molecule has 2 saturated heterocycles. The lowest BCUT2D eigenvalue weighted by Gasteiger charge is -2.25. The second kappa shape index (κ2) is 7.61. The zero-order chi connectivity index (χ0) is 20.8. The first-order valence-electron chi connectivity index (χ1n) is 9.62. The number of fused-ring (bicyclic) bond motifs is 1. The summed E-state index contributed by atoms with van der Waals surface area (Å²) >= 11 is 1.42. The van der Waals surface area contributed by atoms with Gasteiger partial charge in [0, 0.05) is 10.9 Å². The molecule has 0 unspecified atom stereocenters. The van der Waals surface area contributed by atoms with Crippen molar-refractivity contribution in [3.05, 3.63) is 64.7 Å². The standard InChI is InChI=1S/C22H24N2O3S2/c1-14-4-6-17(7-5-14)11-21(25)23-22-24(18-9-15(2)8-16(3)10-18)19-12-29(26,27)13-20(19)28-22/h4-10,19-20H,11-13H2,1-3H3/t19-,20+/m0/s1. The number of sulfone groups is 1. The third kappa shape index (κ3) is 4.41. The van der Waals surface area contributed by atoms with E-state index < -0.39 is 9.84 Å². The monoisotopic (exact) mass is 428 g/mol. The molecule has 2 aliphatic heterocycles. The minimum Gasteiger partial charge on any atom is -0.316 e. The molecule has 2 aliphatic rings. The van der Waals surface area contributed by atoms with Crippen molar-refractivity contribution in [2.45, 2.75) is 38.5 Å². The molecule has 0 bridgehead atoms. The Labute approximate surface area is 176 Å². The molecule has 5 nitrogen and oxygen atoms in total. The normalized spacial score (nSPS) is 24.1. The molecular formula is C22H24N2O3S2. The molecule has 29 heavy (non-hydrogen) atoms. The first-order chi connectivity index (χ1) is 13.7. The number of hydrogen-bond donors (Lipinski definition) is 0. The number of aliphatic imine (C=N–C) groups is 1. The summed E-state index contributed by atoms with van der Waals surface area (Å²) in [7, 11) is -3.07. The second-order valence-corrected chi connectivity index (χ2v) is 11.3. The molecule has 2 aromatic carbocycles. The quantitative estimate of drug-likeness (QED) is 0.749. The maximum atomic E-state index is 12.7. The number of nitrogens with zero attached hydrogens (tertiary/aromatic N) is 2. The van der Waals surface area contributed by atoms with Crippen LogP contribution in [0.2, 0.25) is 0 Å². The first-order valence-corrected chi connectivity index (χ1v) is 12.3. The Morgan fingerprint density at radius 1 is 1.03 bits per heavy atom. The number of hydrogen-bond acceptors (Lipinski definition) is 4. The Morgan fingerprint density at radius 3 is 2.34 bits per heavy atom. The number of anilines is 1. The van der Waals surface area contributed by atoms with Crippen LogP contribution in [0.5, 0.6) is 0 Å². The lowest BCUT2D eigenvalue weighted by molar-refractivity contribution is -0.117. The van der Waals surface area contributed by atoms with E-state index in [0.29, 0.717) is 5.17 Å². The van der Waals surface area contributed by atoms with Gasteiger partial charge in [-0.1, -0.05) is 47.7 Å². The van der Waals surface area contributed by atoms with Gasteiger partial charge in [0.2, 0.25) is 0 Å². The average molecular weight is 429 g/mol. The Kier molecular flexibility index (Phi) is 5.29. The van der Waals surface area contributed by atoms with Crippen LogP contribution >= 0.6 is 11.8 Å². The molecule has 1 amide bonds. The van der Waals surface area contributed by atoms with Crippen molar-refractivity contribution < 1.29 is 13.2 Å². The summed E-state index contributed by atoms with van der Waals surface area (Å²) in [4.78, 5) is 19.0.